The largest absolute Gasteiger partial charge is 0.493 e. The van der Waals surface area contributed by atoms with Gasteiger partial charge >= 0.3 is 0 Å². The maximum Gasteiger partial charge on any atom is 0.251 e. The van der Waals surface area contributed by atoms with Crippen LogP contribution in [0.4, 0.5) is 0 Å². The Morgan fingerprint density at radius 2 is 1.88 bits per heavy atom. The van der Waals surface area contributed by atoms with E-state index in [4.69, 9.17) is 25.8 Å². The number of hydrogen-bond acceptors (Lipinski definition) is 4. The number of carbonyl (C=O) groups is 1. The number of aryl methyl sites for hydroxylation is 1. The van der Waals surface area contributed by atoms with Crippen molar-refractivity contribution < 1.29 is 19.0 Å². The van der Waals surface area contributed by atoms with Gasteiger partial charge in [0.25, 0.3) is 5.91 Å². The van der Waals surface area contributed by atoms with Gasteiger partial charge in [0, 0.05) is 5.56 Å². The summed E-state index contributed by atoms with van der Waals surface area (Å²) < 4.78 is 16.3. The van der Waals surface area contributed by atoms with Crippen LogP contribution < -0.4 is 19.5 Å². The van der Waals surface area contributed by atoms with Crippen molar-refractivity contribution >= 4 is 17.5 Å². The molecular weight excluding hydrogens is 342 g/mol. The molecule has 0 saturated carbocycles. The molecule has 5 nitrogen and oxygen atoms in total. The van der Waals surface area contributed by atoms with E-state index in [1.807, 2.05) is 38.1 Å². The second-order valence-corrected chi connectivity index (χ2v) is 5.75. The molecule has 0 aromatic heterocycles. The summed E-state index contributed by atoms with van der Waals surface area (Å²) in [6.07, 6.45) is 0. The van der Waals surface area contributed by atoms with Gasteiger partial charge in [-0.2, -0.15) is 0 Å². The number of ether oxygens (including phenoxy) is 3. The van der Waals surface area contributed by atoms with Crippen LogP contribution in [0.1, 0.15) is 22.8 Å². The van der Waals surface area contributed by atoms with Crippen LogP contribution in [0.15, 0.2) is 36.4 Å². The van der Waals surface area contributed by atoms with Crippen LogP contribution in [-0.2, 0) is 0 Å². The molecule has 2 aromatic carbocycles. The number of amides is 1. The Hall–Kier alpha value is -2.40. The summed E-state index contributed by atoms with van der Waals surface area (Å²) in [4.78, 5) is 12.3. The van der Waals surface area contributed by atoms with E-state index < -0.39 is 0 Å². The Morgan fingerprint density at radius 1 is 1.16 bits per heavy atom. The lowest BCUT2D eigenvalue weighted by molar-refractivity contribution is 0.0946. The van der Waals surface area contributed by atoms with E-state index in [1.54, 1.807) is 12.1 Å². The van der Waals surface area contributed by atoms with Crippen molar-refractivity contribution in [1.82, 2.24) is 5.32 Å². The third-order valence-electron chi connectivity index (χ3n) is 3.46. The summed E-state index contributed by atoms with van der Waals surface area (Å²) in [6.45, 7) is 5.07. The van der Waals surface area contributed by atoms with Crippen molar-refractivity contribution in [2.45, 2.75) is 13.8 Å². The van der Waals surface area contributed by atoms with Gasteiger partial charge in [0.05, 0.1) is 25.3 Å². The predicted molar refractivity (Wildman–Crippen MR) is 98.2 cm³/mol. The van der Waals surface area contributed by atoms with Crippen molar-refractivity contribution in [3.05, 3.63) is 52.5 Å². The number of nitrogens with one attached hydrogen (secondary N) is 1. The minimum absolute atomic E-state index is 0.254. The van der Waals surface area contributed by atoms with E-state index in [9.17, 15) is 4.79 Å². The van der Waals surface area contributed by atoms with Gasteiger partial charge in [-0.3, -0.25) is 4.79 Å². The predicted octanol–water partition coefficient (Wildman–Crippen LogP) is 3.86. The van der Waals surface area contributed by atoms with Gasteiger partial charge in [-0.1, -0.05) is 29.3 Å². The topological polar surface area (TPSA) is 56.8 Å². The zero-order chi connectivity index (χ0) is 18.2. The lowest BCUT2D eigenvalue weighted by atomic mass is 10.2. The lowest BCUT2D eigenvalue weighted by Gasteiger charge is -2.13. The van der Waals surface area contributed by atoms with Crippen LogP contribution in [0, 0.1) is 6.92 Å². The summed E-state index contributed by atoms with van der Waals surface area (Å²) >= 11 is 6.18. The number of methoxy groups -OCH3 is 1. The smallest absolute Gasteiger partial charge is 0.251 e. The Labute approximate surface area is 152 Å². The molecule has 0 fully saturated rings. The summed E-state index contributed by atoms with van der Waals surface area (Å²) in [5.41, 5.74) is 1.57. The molecule has 2 rings (SSSR count). The molecule has 0 radical (unpaired) electrons. The molecule has 0 heterocycles. The second-order valence-electron chi connectivity index (χ2n) is 5.34. The average Bonchev–Trinajstić information content (AvgIpc) is 2.61. The van der Waals surface area contributed by atoms with Gasteiger partial charge in [-0.05, 0) is 38.1 Å². The number of halogens is 1. The molecule has 0 aliphatic carbocycles. The Morgan fingerprint density at radius 3 is 2.52 bits per heavy atom. The van der Waals surface area contributed by atoms with Gasteiger partial charge in [-0.25, -0.2) is 0 Å². The molecule has 0 unspecified atom stereocenters. The van der Waals surface area contributed by atoms with Crippen LogP contribution in [0.2, 0.25) is 5.02 Å². The molecule has 1 amide bonds. The normalized spacial score (nSPS) is 10.2. The minimum atomic E-state index is -0.254. The first-order valence-corrected chi connectivity index (χ1v) is 8.41. The van der Waals surface area contributed by atoms with E-state index >= 15 is 0 Å². The Bertz CT molecular complexity index is 716. The first-order valence-electron chi connectivity index (χ1n) is 8.03. The molecule has 6 heteroatoms. The van der Waals surface area contributed by atoms with Crippen molar-refractivity contribution in [3.63, 3.8) is 0 Å². The van der Waals surface area contributed by atoms with E-state index in [-0.39, 0.29) is 5.91 Å². The van der Waals surface area contributed by atoms with Crippen molar-refractivity contribution in [2.24, 2.45) is 0 Å². The van der Waals surface area contributed by atoms with E-state index in [0.717, 1.165) is 5.75 Å². The van der Waals surface area contributed by atoms with E-state index in [0.29, 0.717) is 41.8 Å². The number of benzene rings is 2. The fourth-order valence-corrected chi connectivity index (χ4v) is 2.47. The van der Waals surface area contributed by atoms with Gasteiger partial charge in [0.2, 0.25) is 0 Å². The molecule has 0 aliphatic rings. The molecule has 0 spiro atoms. The molecule has 0 aliphatic heterocycles. The van der Waals surface area contributed by atoms with Crippen LogP contribution in [0.5, 0.6) is 17.2 Å². The maximum absolute atomic E-state index is 12.3. The molecule has 2 aromatic rings. The van der Waals surface area contributed by atoms with Gasteiger partial charge in [0.15, 0.2) is 11.5 Å². The molecule has 0 bridgehead atoms. The number of hydrogen-bond donors (Lipinski definition) is 1. The van der Waals surface area contributed by atoms with E-state index in [1.165, 1.54) is 12.7 Å². The zero-order valence-electron chi connectivity index (χ0n) is 14.6. The lowest BCUT2D eigenvalue weighted by Crippen LogP contribution is -2.28. The van der Waals surface area contributed by atoms with E-state index in [2.05, 4.69) is 5.32 Å². The summed E-state index contributed by atoms with van der Waals surface area (Å²) in [6, 6.07) is 10.9. The second kappa shape index (κ2) is 9.18. The third-order valence-corrected chi connectivity index (χ3v) is 3.74. The first-order chi connectivity index (χ1) is 12.0. The van der Waals surface area contributed by atoms with Crippen molar-refractivity contribution in [2.75, 3.05) is 26.9 Å². The SMILES string of the molecule is CCOc1c(Cl)cc(C(=O)NCCOc2ccc(C)cc2)cc1OC. The highest BCUT2D eigenvalue weighted by molar-refractivity contribution is 6.32. The number of rotatable bonds is 8. The maximum atomic E-state index is 12.3. The molecular formula is C19H22ClNO4. The van der Waals surface area contributed by atoms with Crippen LogP contribution in [0.25, 0.3) is 0 Å². The van der Waals surface area contributed by atoms with Crippen LogP contribution in [-0.4, -0.2) is 32.8 Å². The highest BCUT2D eigenvalue weighted by atomic mass is 35.5. The van der Waals surface area contributed by atoms with Crippen LogP contribution in [0.3, 0.4) is 0 Å². The molecule has 25 heavy (non-hydrogen) atoms. The summed E-state index contributed by atoms with van der Waals surface area (Å²) in [5.74, 6) is 1.38. The van der Waals surface area contributed by atoms with Crippen molar-refractivity contribution in [3.8, 4) is 17.2 Å². The zero-order valence-corrected chi connectivity index (χ0v) is 15.4. The number of carbonyl (C=O) groups excluding carboxylic acids is 1. The Kier molecular flexibility index (Phi) is 6.95. The Balaban J connectivity index is 1.92. The minimum Gasteiger partial charge on any atom is -0.493 e. The van der Waals surface area contributed by atoms with Gasteiger partial charge in [0.1, 0.15) is 12.4 Å². The standard InChI is InChI=1S/C19H22ClNO4/c1-4-24-18-16(20)11-14(12-17(18)23-3)19(22)21-9-10-25-15-7-5-13(2)6-8-15/h5-8,11-12H,4,9-10H2,1-3H3,(H,21,22). The molecule has 1 N–H and O–H groups in total. The molecule has 134 valence electrons. The fourth-order valence-electron chi connectivity index (χ4n) is 2.21. The highest BCUT2D eigenvalue weighted by Gasteiger charge is 2.15. The van der Waals surface area contributed by atoms with Crippen molar-refractivity contribution in [1.29, 1.82) is 0 Å². The molecule has 0 atom stereocenters. The fraction of sp³-hybridized carbons (Fsp3) is 0.316. The first kappa shape index (κ1) is 18.9. The van der Waals surface area contributed by atoms with Crippen LogP contribution >= 0.6 is 11.6 Å². The van der Waals surface area contributed by atoms with Gasteiger partial charge in [-0.15, -0.1) is 0 Å². The molecule has 0 saturated heterocycles. The third kappa shape index (κ3) is 5.29. The quantitative estimate of drug-likeness (QED) is 0.723. The summed E-state index contributed by atoms with van der Waals surface area (Å²) in [7, 11) is 1.51. The highest BCUT2D eigenvalue weighted by Crippen LogP contribution is 2.36. The summed E-state index contributed by atoms with van der Waals surface area (Å²) in [5, 5.41) is 3.13. The average molecular weight is 364 g/mol. The van der Waals surface area contributed by atoms with Gasteiger partial charge < -0.3 is 19.5 Å². The monoisotopic (exact) mass is 363 g/mol.